The Morgan fingerprint density at radius 1 is 0.897 bits per heavy atom. The van der Waals surface area contributed by atoms with Crippen molar-refractivity contribution in [2.24, 2.45) is 0 Å². The zero-order chi connectivity index (χ0) is 21.1. The van der Waals surface area contributed by atoms with Crippen molar-refractivity contribution in [2.45, 2.75) is 50.4 Å². The first kappa shape index (κ1) is 22.1. The second-order valence-electron chi connectivity index (χ2n) is 8.44. The number of hydrogen-bond acceptors (Lipinski definition) is 5. The van der Waals surface area contributed by atoms with Gasteiger partial charge in [-0.3, -0.25) is 0 Å². The van der Waals surface area contributed by atoms with Gasteiger partial charge in [0, 0.05) is 14.2 Å². The lowest BCUT2D eigenvalue weighted by Gasteiger charge is -2.43. The van der Waals surface area contributed by atoms with E-state index in [9.17, 15) is 5.11 Å². The summed E-state index contributed by atoms with van der Waals surface area (Å²) in [6.45, 7) is 6.93. The number of aliphatic hydroxyl groups excluding tert-OH is 1. The Hall–Kier alpha value is -1.54. The number of hydrogen-bond donors (Lipinski definition) is 1. The first-order valence-electron chi connectivity index (χ1n) is 9.99. The lowest BCUT2D eigenvalue weighted by Crippen LogP contribution is -2.67. The number of rotatable bonds is 7. The molecule has 1 heterocycles. The van der Waals surface area contributed by atoms with Crippen LogP contribution in [0.2, 0.25) is 5.04 Å². The Morgan fingerprint density at radius 2 is 1.41 bits per heavy atom. The highest BCUT2D eigenvalue weighted by Gasteiger charge is 2.52. The van der Waals surface area contributed by atoms with E-state index in [1.54, 1.807) is 14.2 Å². The monoisotopic (exact) mass is 416 g/mol. The number of aliphatic hydroxyl groups is 1. The fourth-order valence-corrected chi connectivity index (χ4v) is 8.82. The molecule has 0 aromatic heterocycles. The largest absolute Gasteiger partial charge is 0.405 e. The van der Waals surface area contributed by atoms with Gasteiger partial charge in [0.25, 0.3) is 8.32 Å². The van der Waals surface area contributed by atoms with E-state index in [4.69, 9.17) is 18.6 Å². The number of benzene rings is 2. The van der Waals surface area contributed by atoms with Gasteiger partial charge in [-0.15, -0.1) is 0 Å². The van der Waals surface area contributed by atoms with Crippen LogP contribution in [-0.2, 0) is 18.6 Å². The molecule has 29 heavy (non-hydrogen) atoms. The van der Waals surface area contributed by atoms with Gasteiger partial charge < -0.3 is 23.7 Å². The highest BCUT2D eigenvalue weighted by atomic mass is 28.4. The van der Waals surface area contributed by atoms with E-state index in [0.717, 1.165) is 0 Å². The van der Waals surface area contributed by atoms with Gasteiger partial charge in [0.2, 0.25) is 0 Å². The summed E-state index contributed by atoms with van der Waals surface area (Å²) in [5.74, 6) is 0. The molecule has 6 heteroatoms. The van der Waals surface area contributed by atoms with E-state index >= 15 is 0 Å². The lowest BCUT2D eigenvalue weighted by atomic mass is 10.1. The standard InChI is InChI=1S/C23H32O5Si/c1-23(2,3)29(17-12-8-6-9-13-17,18-14-10-7-11-15-18)27-16-19-20(24)21(25-4)22(26-5)28-19/h6-15,19-22,24H,16H2,1-5H3/t19-,20-,21-,22-/m1/s1. The average Bonchev–Trinajstić information content (AvgIpc) is 3.04. The van der Waals surface area contributed by atoms with E-state index < -0.39 is 32.9 Å². The average molecular weight is 417 g/mol. The van der Waals surface area contributed by atoms with E-state index in [2.05, 4.69) is 69.3 Å². The molecule has 3 rings (SSSR count). The van der Waals surface area contributed by atoms with Gasteiger partial charge in [-0.05, 0) is 15.4 Å². The van der Waals surface area contributed by atoms with Crippen LogP contribution >= 0.6 is 0 Å². The molecule has 0 unspecified atom stereocenters. The van der Waals surface area contributed by atoms with E-state index in [1.807, 2.05) is 12.1 Å². The molecule has 0 amide bonds. The van der Waals surface area contributed by atoms with Gasteiger partial charge in [-0.1, -0.05) is 81.4 Å². The van der Waals surface area contributed by atoms with Crippen molar-refractivity contribution in [3.63, 3.8) is 0 Å². The predicted molar refractivity (Wildman–Crippen MR) is 116 cm³/mol. The number of ether oxygens (including phenoxy) is 3. The first-order valence-corrected chi connectivity index (χ1v) is 11.9. The maximum absolute atomic E-state index is 10.7. The van der Waals surface area contributed by atoms with Crippen molar-refractivity contribution in [2.75, 3.05) is 20.8 Å². The number of methoxy groups -OCH3 is 2. The van der Waals surface area contributed by atoms with Crippen molar-refractivity contribution in [3.8, 4) is 0 Å². The molecule has 2 aromatic rings. The van der Waals surface area contributed by atoms with E-state index in [1.165, 1.54) is 10.4 Å². The maximum atomic E-state index is 10.7. The summed E-state index contributed by atoms with van der Waals surface area (Å²) in [5.41, 5.74) is 0. The minimum absolute atomic E-state index is 0.138. The molecule has 4 atom stereocenters. The summed E-state index contributed by atoms with van der Waals surface area (Å²) >= 11 is 0. The third kappa shape index (κ3) is 4.19. The Kier molecular flexibility index (Phi) is 6.93. The van der Waals surface area contributed by atoms with Gasteiger partial charge >= 0.3 is 0 Å². The van der Waals surface area contributed by atoms with Crippen molar-refractivity contribution in [1.29, 1.82) is 0 Å². The van der Waals surface area contributed by atoms with Crippen molar-refractivity contribution >= 4 is 18.7 Å². The van der Waals surface area contributed by atoms with Gasteiger partial charge in [0.05, 0.1) is 6.61 Å². The van der Waals surface area contributed by atoms with Crippen molar-refractivity contribution in [3.05, 3.63) is 60.7 Å². The summed E-state index contributed by atoms with van der Waals surface area (Å²) in [6, 6.07) is 20.8. The fraction of sp³-hybridized carbons (Fsp3) is 0.478. The normalized spacial score (nSPS) is 25.3. The molecule has 1 N–H and O–H groups in total. The smallest absolute Gasteiger partial charge is 0.261 e. The molecular weight excluding hydrogens is 384 g/mol. The molecule has 1 saturated heterocycles. The van der Waals surface area contributed by atoms with Gasteiger partial charge in [-0.2, -0.15) is 0 Å². The van der Waals surface area contributed by atoms with Crippen LogP contribution < -0.4 is 10.4 Å². The molecule has 2 aromatic carbocycles. The Morgan fingerprint density at radius 3 is 1.79 bits per heavy atom. The highest BCUT2D eigenvalue weighted by molar-refractivity contribution is 6.99. The van der Waals surface area contributed by atoms with Crippen LogP contribution in [0, 0.1) is 0 Å². The van der Waals surface area contributed by atoms with Crippen molar-refractivity contribution in [1.82, 2.24) is 0 Å². The maximum Gasteiger partial charge on any atom is 0.261 e. The second-order valence-corrected chi connectivity index (χ2v) is 12.7. The fourth-order valence-electron chi connectivity index (χ4n) is 4.25. The van der Waals surface area contributed by atoms with Crippen LogP contribution in [0.3, 0.4) is 0 Å². The molecule has 5 nitrogen and oxygen atoms in total. The van der Waals surface area contributed by atoms with Gasteiger partial charge in [-0.25, -0.2) is 0 Å². The Bertz CT molecular complexity index is 722. The first-order chi connectivity index (χ1) is 13.8. The molecule has 1 fully saturated rings. The second kappa shape index (κ2) is 9.08. The van der Waals surface area contributed by atoms with Crippen LogP contribution in [-0.4, -0.2) is 58.9 Å². The van der Waals surface area contributed by atoms with Crippen molar-refractivity contribution < 1.29 is 23.7 Å². The minimum atomic E-state index is -2.68. The molecule has 0 radical (unpaired) electrons. The molecule has 0 aliphatic carbocycles. The Labute approximate surface area is 174 Å². The van der Waals surface area contributed by atoms with Crippen LogP contribution in [0.1, 0.15) is 20.8 Å². The molecule has 0 bridgehead atoms. The van der Waals surface area contributed by atoms with Gasteiger partial charge in [0.15, 0.2) is 6.29 Å². The molecule has 1 aliphatic heterocycles. The third-order valence-corrected chi connectivity index (χ3v) is 10.7. The van der Waals surface area contributed by atoms with Crippen LogP contribution in [0.5, 0.6) is 0 Å². The summed E-state index contributed by atoms with van der Waals surface area (Å²) in [7, 11) is 0.417. The summed E-state index contributed by atoms with van der Waals surface area (Å²) < 4.78 is 23.5. The van der Waals surface area contributed by atoms with E-state index in [-0.39, 0.29) is 11.6 Å². The molecule has 158 valence electrons. The molecule has 0 spiro atoms. The highest BCUT2D eigenvalue weighted by Crippen LogP contribution is 2.37. The molecular formula is C23H32O5Si. The topological polar surface area (TPSA) is 57.2 Å². The van der Waals surface area contributed by atoms with Crippen LogP contribution in [0.15, 0.2) is 60.7 Å². The Balaban J connectivity index is 1.99. The quantitative estimate of drug-likeness (QED) is 0.702. The summed E-state index contributed by atoms with van der Waals surface area (Å²) in [6.07, 6.45) is -2.48. The van der Waals surface area contributed by atoms with Crippen LogP contribution in [0.4, 0.5) is 0 Å². The molecule has 0 saturated carbocycles. The summed E-state index contributed by atoms with van der Waals surface area (Å²) in [5, 5.41) is 12.9. The predicted octanol–water partition coefficient (Wildman–Crippen LogP) is 2.31. The third-order valence-electron chi connectivity index (χ3n) is 5.68. The zero-order valence-corrected chi connectivity index (χ0v) is 18.9. The van der Waals surface area contributed by atoms with Gasteiger partial charge in [0.1, 0.15) is 18.3 Å². The zero-order valence-electron chi connectivity index (χ0n) is 17.9. The molecule has 1 aliphatic rings. The summed E-state index contributed by atoms with van der Waals surface area (Å²) in [4.78, 5) is 0. The van der Waals surface area contributed by atoms with E-state index in [0.29, 0.717) is 0 Å². The SMILES string of the molecule is CO[C@@H]1O[C@H](CO[Si](c2ccccc2)(c2ccccc2)C(C)(C)C)[C@@H](O)[C@H]1OC. The lowest BCUT2D eigenvalue weighted by molar-refractivity contribution is -0.158. The van der Waals surface area contributed by atoms with Crippen LogP contribution in [0.25, 0.3) is 0 Å². The minimum Gasteiger partial charge on any atom is -0.405 e.